The number of imidazole rings is 1. The Labute approximate surface area is 102 Å². The van der Waals surface area contributed by atoms with Crippen LogP contribution in [-0.2, 0) is 17.7 Å². The zero-order chi connectivity index (χ0) is 10.3. The summed E-state index contributed by atoms with van der Waals surface area (Å²) < 4.78 is 7.73. The van der Waals surface area contributed by atoms with Crippen LogP contribution in [0.25, 0.3) is 0 Å². The summed E-state index contributed by atoms with van der Waals surface area (Å²) in [4.78, 5) is 4.54. The van der Waals surface area contributed by atoms with Gasteiger partial charge in [-0.2, -0.15) is 0 Å². The Morgan fingerprint density at radius 2 is 2.31 bits per heavy atom. The van der Waals surface area contributed by atoms with Crippen molar-refractivity contribution in [3.8, 4) is 0 Å². The molecule has 0 bridgehead atoms. The Kier molecular flexibility index (Phi) is 3.52. The van der Waals surface area contributed by atoms with Gasteiger partial charge in [0.05, 0.1) is 6.61 Å². The molecule has 0 saturated carbocycles. The normalized spacial score (nSPS) is 28.6. The molecule has 1 aromatic rings. The van der Waals surface area contributed by atoms with Crippen LogP contribution >= 0.6 is 12.4 Å². The summed E-state index contributed by atoms with van der Waals surface area (Å²) in [6.45, 7) is 2.63. The van der Waals surface area contributed by atoms with Gasteiger partial charge in [0.1, 0.15) is 5.82 Å². The summed E-state index contributed by atoms with van der Waals surface area (Å²) in [6, 6.07) is 0.299. The van der Waals surface area contributed by atoms with Gasteiger partial charge in [0.2, 0.25) is 0 Å². The second-order valence-electron chi connectivity index (χ2n) is 4.58. The molecule has 3 heterocycles. The molecule has 16 heavy (non-hydrogen) atoms. The second kappa shape index (κ2) is 4.73. The van der Waals surface area contributed by atoms with Gasteiger partial charge in [-0.15, -0.1) is 12.4 Å². The molecule has 2 N–H and O–H groups in total. The predicted molar refractivity (Wildman–Crippen MR) is 63.9 cm³/mol. The number of rotatable bonds is 1. The van der Waals surface area contributed by atoms with E-state index < -0.39 is 0 Å². The molecule has 90 valence electrons. The van der Waals surface area contributed by atoms with Gasteiger partial charge in [-0.3, -0.25) is 0 Å². The summed E-state index contributed by atoms with van der Waals surface area (Å²) in [5.41, 5.74) is 7.34. The zero-order valence-electron chi connectivity index (χ0n) is 9.26. The van der Waals surface area contributed by atoms with Crippen molar-refractivity contribution >= 4 is 12.4 Å². The standard InChI is InChI=1S/C11H17N3O.ClH/c12-9-1-2-10-5-13-11(14(10)6-9)8-3-4-15-7-8;/h5,8-9H,1-4,6-7,12H2;1H. The summed E-state index contributed by atoms with van der Waals surface area (Å²) in [6.07, 6.45) is 5.28. The molecule has 4 nitrogen and oxygen atoms in total. The number of nitrogens with two attached hydrogens (primary N) is 1. The van der Waals surface area contributed by atoms with Gasteiger partial charge >= 0.3 is 0 Å². The Balaban J connectivity index is 0.000000963. The average Bonchev–Trinajstić information content (AvgIpc) is 2.83. The SMILES string of the molecule is Cl.NC1CCc2cnc(C3CCOC3)n2C1. The van der Waals surface area contributed by atoms with E-state index in [1.54, 1.807) is 0 Å². The molecule has 0 aromatic carbocycles. The first kappa shape index (κ1) is 11.9. The molecule has 2 aliphatic heterocycles. The van der Waals surface area contributed by atoms with Crippen molar-refractivity contribution in [1.29, 1.82) is 0 Å². The highest BCUT2D eigenvalue weighted by Crippen LogP contribution is 2.27. The Bertz CT molecular complexity index is 360. The molecule has 2 atom stereocenters. The van der Waals surface area contributed by atoms with Gasteiger partial charge in [0.15, 0.2) is 0 Å². The number of halogens is 1. The van der Waals surface area contributed by atoms with Crippen molar-refractivity contribution in [2.75, 3.05) is 13.2 Å². The molecule has 0 aliphatic carbocycles. The lowest BCUT2D eigenvalue weighted by Crippen LogP contribution is -2.33. The predicted octanol–water partition coefficient (Wildman–Crippen LogP) is 1.08. The van der Waals surface area contributed by atoms with Gasteiger partial charge in [-0.25, -0.2) is 4.98 Å². The van der Waals surface area contributed by atoms with Gasteiger partial charge in [-0.05, 0) is 19.3 Å². The van der Waals surface area contributed by atoms with Crippen molar-refractivity contribution in [1.82, 2.24) is 9.55 Å². The number of aromatic nitrogens is 2. The van der Waals surface area contributed by atoms with Gasteiger partial charge in [0.25, 0.3) is 0 Å². The van der Waals surface area contributed by atoms with Crippen LogP contribution in [0.15, 0.2) is 6.20 Å². The van der Waals surface area contributed by atoms with Crippen molar-refractivity contribution in [2.24, 2.45) is 5.73 Å². The van der Waals surface area contributed by atoms with Crippen LogP contribution in [-0.4, -0.2) is 28.8 Å². The lowest BCUT2D eigenvalue weighted by atomic mass is 10.0. The van der Waals surface area contributed by atoms with Crippen LogP contribution in [0, 0.1) is 0 Å². The maximum absolute atomic E-state index is 6.00. The first-order valence-electron chi connectivity index (χ1n) is 5.72. The number of ether oxygens (including phenoxy) is 1. The number of hydrogen-bond donors (Lipinski definition) is 1. The first-order chi connectivity index (χ1) is 7.34. The summed E-state index contributed by atoms with van der Waals surface area (Å²) >= 11 is 0. The lowest BCUT2D eigenvalue weighted by molar-refractivity contribution is 0.192. The molecule has 1 saturated heterocycles. The maximum Gasteiger partial charge on any atom is 0.114 e. The van der Waals surface area contributed by atoms with Crippen LogP contribution in [0.3, 0.4) is 0 Å². The third-order valence-electron chi connectivity index (χ3n) is 3.45. The van der Waals surface area contributed by atoms with Crippen molar-refractivity contribution < 1.29 is 4.74 Å². The van der Waals surface area contributed by atoms with E-state index in [9.17, 15) is 0 Å². The molecule has 2 aliphatic rings. The van der Waals surface area contributed by atoms with Crippen LogP contribution in [0.5, 0.6) is 0 Å². The van der Waals surface area contributed by atoms with E-state index in [1.165, 1.54) is 11.5 Å². The molecule has 5 heteroatoms. The van der Waals surface area contributed by atoms with Gasteiger partial charge in [-0.1, -0.05) is 0 Å². The minimum absolute atomic E-state index is 0. The topological polar surface area (TPSA) is 53.1 Å². The van der Waals surface area contributed by atoms with Crippen LogP contribution < -0.4 is 5.73 Å². The third kappa shape index (κ3) is 1.97. The number of fused-ring (bicyclic) bond motifs is 1. The largest absolute Gasteiger partial charge is 0.381 e. The monoisotopic (exact) mass is 243 g/mol. The minimum atomic E-state index is 0. The Morgan fingerprint density at radius 3 is 3.06 bits per heavy atom. The zero-order valence-corrected chi connectivity index (χ0v) is 10.1. The van der Waals surface area contributed by atoms with Crippen molar-refractivity contribution in [3.05, 3.63) is 17.7 Å². The van der Waals surface area contributed by atoms with E-state index in [4.69, 9.17) is 10.5 Å². The highest BCUT2D eigenvalue weighted by Gasteiger charge is 2.26. The molecule has 0 radical (unpaired) electrons. The molecule has 2 unspecified atom stereocenters. The lowest BCUT2D eigenvalue weighted by Gasteiger charge is -2.23. The van der Waals surface area contributed by atoms with E-state index in [0.717, 1.165) is 39.0 Å². The Hall–Kier alpha value is -0.580. The smallest absolute Gasteiger partial charge is 0.114 e. The van der Waals surface area contributed by atoms with Gasteiger partial charge < -0.3 is 15.0 Å². The summed E-state index contributed by atoms with van der Waals surface area (Å²) in [7, 11) is 0. The fourth-order valence-corrected chi connectivity index (χ4v) is 2.56. The van der Waals surface area contributed by atoms with Gasteiger partial charge in [0, 0.05) is 37.0 Å². The van der Waals surface area contributed by atoms with E-state index in [2.05, 4.69) is 9.55 Å². The van der Waals surface area contributed by atoms with E-state index >= 15 is 0 Å². The molecule has 3 rings (SSSR count). The summed E-state index contributed by atoms with van der Waals surface area (Å²) in [5, 5.41) is 0. The van der Waals surface area contributed by atoms with Crippen LogP contribution in [0.4, 0.5) is 0 Å². The molecule has 1 aromatic heterocycles. The molecule has 1 fully saturated rings. The van der Waals surface area contributed by atoms with E-state index in [1.807, 2.05) is 6.20 Å². The second-order valence-corrected chi connectivity index (χ2v) is 4.58. The summed E-state index contributed by atoms with van der Waals surface area (Å²) in [5.74, 6) is 1.68. The van der Waals surface area contributed by atoms with Crippen molar-refractivity contribution in [2.45, 2.75) is 37.8 Å². The fourth-order valence-electron chi connectivity index (χ4n) is 2.56. The highest BCUT2D eigenvalue weighted by atomic mass is 35.5. The van der Waals surface area contributed by atoms with E-state index in [0.29, 0.717) is 12.0 Å². The number of nitrogens with zero attached hydrogens (tertiary/aromatic N) is 2. The molecular weight excluding hydrogens is 226 g/mol. The highest BCUT2D eigenvalue weighted by molar-refractivity contribution is 5.85. The number of aryl methyl sites for hydroxylation is 1. The average molecular weight is 244 g/mol. The van der Waals surface area contributed by atoms with E-state index in [-0.39, 0.29) is 12.4 Å². The van der Waals surface area contributed by atoms with Crippen LogP contribution in [0.1, 0.15) is 30.3 Å². The quantitative estimate of drug-likeness (QED) is 0.803. The molecular formula is C11H18ClN3O. The first-order valence-corrected chi connectivity index (χ1v) is 5.72. The number of hydrogen-bond acceptors (Lipinski definition) is 3. The fraction of sp³-hybridized carbons (Fsp3) is 0.727. The van der Waals surface area contributed by atoms with Crippen LogP contribution in [0.2, 0.25) is 0 Å². The minimum Gasteiger partial charge on any atom is -0.381 e. The Morgan fingerprint density at radius 1 is 1.44 bits per heavy atom. The molecule has 0 spiro atoms. The third-order valence-corrected chi connectivity index (χ3v) is 3.45. The van der Waals surface area contributed by atoms with Crippen molar-refractivity contribution in [3.63, 3.8) is 0 Å². The molecule has 0 amide bonds. The maximum atomic E-state index is 6.00.